The number of hydrogen-bond donors (Lipinski definition) is 3. The maximum Gasteiger partial charge on any atom is 0.407 e. The number of hydrogen-bond acceptors (Lipinski definition) is 6. The molecule has 0 atom stereocenters. The first-order chi connectivity index (χ1) is 15.2. The highest BCUT2D eigenvalue weighted by Gasteiger charge is 2.18. The number of aromatic nitrogens is 2. The summed E-state index contributed by atoms with van der Waals surface area (Å²) in [7, 11) is 0. The van der Waals surface area contributed by atoms with Gasteiger partial charge in [-0.2, -0.15) is 0 Å². The summed E-state index contributed by atoms with van der Waals surface area (Å²) in [6.07, 6.45) is 6.95. The third-order valence-electron chi connectivity index (χ3n) is 5.13. The number of ether oxygens (including phenoxy) is 1. The number of aryl methyl sites for hydroxylation is 1. The lowest BCUT2D eigenvalue weighted by Gasteiger charge is -2.19. The minimum Gasteiger partial charge on any atom is -0.493 e. The van der Waals surface area contributed by atoms with Gasteiger partial charge < -0.3 is 20.9 Å². The zero-order valence-electron chi connectivity index (χ0n) is 19.3. The molecule has 8 nitrogen and oxygen atoms in total. The zero-order chi connectivity index (χ0) is 23.3. The van der Waals surface area contributed by atoms with Crippen molar-refractivity contribution >= 4 is 35.3 Å². The van der Waals surface area contributed by atoms with Crippen LogP contribution in [0.25, 0.3) is 11.6 Å². The van der Waals surface area contributed by atoms with E-state index in [4.69, 9.17) is 10.5 Å². The molecule has 0 fully saturated rings. The first kappa shape index (κ1) is 23.4. The highest BCUT2D eigenvalue weighted by Crippen LogP contribution is 2.37. The maximum atomic E-state index is 11.6. The van der Waals surface area contributed by atoms with Crippen LogP contribution >= 0.6 is 0 Å². The van der Waals surface area contributed by atoms with Gasteiger partial charge >= 0.3 is 6.09 Å². The molecule has 0 spiro atoms. The molecule has 0 bridgehead atoms. The second-order valence-corrected chi connectivity index (χ2v) is 8.96. The van der Waals surface area contributed by atoms with Crippen molar-refractivity contribution < 1.29 is 14.6 Å². The van der Waals surface area contributed by atoms with E-state index >= 15 is 0 Å². The Kier molecular flexibility index (Phi) is 7.22. The van der Waals surface area contributed by atoms with Crippen LogP contribution in [0.5, 0.6) is 5.88 Å². The lowest BCUT2D eigenvalue weighted by molar-refractivity contribution is 0.0527. The number of anilines is 1. The van der Waals surface area contributed by atoms with Crippen molar-refractivity contribution in [3.8, 4) is 5.88 Å². The number of alkyl carbamates (subject to hydrolysis) is 1. The molecule has 0 aliphatic carbocycles. The molecule has 4 N–H and O–H groups in total. The van der Waals surface area contributed by atoms with Crippen molar-refractivity contribution in [2.45, 2.75) is 65.5 Å². The summed E-state index contributed by atoms with van der Waals surface area (Å²) < 4.78 is 7.04. The number of nitrogens with one attached hydrogen (secondary N) is 1. The average molecular weight is 440 g/mol. The quantitative estimate of drug-likeness (QED) is 0.403. The molecule has 32 heavy (non-hydrogen) atoms. The van der Waals surface area contributed by atoms with Crippen molar-refractivity contribution in [2.24, 2.45) is 4.99 Å². The monoisotopic (exact) mass is 439 g/mol. The molecule has 1 aliphatic rings. The molecule has 3 rings (SSSR count). The summed E-state index contributed by atoms with van der Waals surface area (Å²) >= 11 is 0. The van der Waals surface area contributed by atoms with Gasteiger partial charge in [-0.1, -0.05) is 18.9 Å². The smallest absolute Gasteiger partial charge is 0.407 e. The highest BCUT2D eigenvalue weighted by molar-refractivity contribution is 6.23. The number of fused-ring (bicyclic) bond motifs is 1. The van der Waals surface area contributed by atoms with Crippen LogP contribution in [-0.4, -0.2) is 39.1 Å². The molecule has 1 amide bonds. The number of nitrogens with two attached hydrogens (primary N) is 1. The number of allylic oxidation sites excluding steroid dienone is 1. The fourth-order valence-corrected chi connectivity index (χ4v) is 3.63. The normalized spacial score (nSPS) is 14.1. The summed E-state index contributed by atoms with van der Waals surface area (Å²) in [6, 6.07) is 5.63. The Hall–Kier alpha value is -3.29. The number of aliphatic imine (C=N–C) groups is 1. The number of carbonyl (C=O) groups excluding carboxylic acids is 1. The van der Waals surface area contributed by atoms with Crippen molar-refractivity contribution in [1.82, 2.24) is 14.9 Å². The molecule has 2 heterocycles. The van der Waals surface area contributed by atoms with Gasteiger partial charge in [0.15, 0.2) is 0 Å². The minimum atomic E-state index is -0.482. The van der Waals surface area contributed by atoms with Gasteiger partial charge in [0.2, 0.25) is 5.88 Å². The Labute approximate surface area is 189 Å². The maximum absolute atomic E-state index is 11.6. The number of carbonyl (C=O) groups is 1. The SMILES string of the molecule is Cc1nc(/C=C2\C=Nc3cccc(N)c32)c(O)n1CCCCCCNC(=O)OC(C)(C)C. The molecule has 0 radical (unpaired) electrons. The predicted octanol–water partition coefficient (Wildman–Crippen LogP) is 4.82. The van der Waals surface area contributed by atoms with Crippen LogP contribution in [0, 0.1) is 6.92 Å². The Morgan fingerprint density at radius 1 is 1.25 bits per heavy atom. The summed E-state index contributed by atoms with van der Waals surface area (Å²) in [5.41, 5.74) is 9.34. The number of rotatable bonds is 8. The van der Waals surface area contributed by atoms with Gasteiger partial charge in [-0.15, -0.1) is 0 Å². The largest absolute Gasteiger partial charge is 0.493 e. The molecule has 0 saturated carbocycles. The van der Waals surface area contributed by atoms with Crippen LogP contribution in [0.2, 0.25) is 0 Å². The number of nitrogens with zero attached hydrogens (tertiary/aromatic N) is 3. The Balaban J connectivity index is 1.49. The first-order valence-corrected chi connectivity index (χ1v) is 11.0. The van der Waals surface area contributed by atoms with Gasteiger partial charge in [-0.05, 0) is 58.7 Å². The fourth-order valence-electron chi connectivity index (χ4n) is 3.63. The molecule has 1 aromatic carbocycles. The second kappa shape index (κ2) is 9.89. The lowest BCUT2D eigenvalue weighted by Crippen LogP contribution is -2.32. The second-order valence-electron chi connectivity index (χ2n) is 8.96. The molecule has 2 aromatic rings. The highest BCUT2D eigenvalue weighted by atomic mass is 16.6. The van der Waals surface area contributed by atoms with E-state index in [1.807, 2.05) is 56.5 Å². The topological polar surface area (TPSA) is 115 Å². The van der Waals surface area contributed by atoms with Crippen LogP contribution in [0.1, 0.15) is 63.5 Å². The van der Waals surface area contributed by atoms with Gasteiger partial charge in [0.05, 0.1) is 5.69 Å². The van der Waals surface area contributed by atoms with E-state index in [9.17, 15) is 9.90 Å². The number of unbranched alkanes of at least 4 members (excludes halogenated alkanes) is 3. The van der Waals surface area contributed by atoms with E-state index in [0.717, 1.165) is 48.3 Å². The van der Waals surface area contributed by atoms with Gasteiger partial charge in [-0.3, -0.25) is 9.56 Å². The molecular weight excluding hydrogens is 406 g/mol. The Morgan fingerprint density at radius 3 is 2.75 bits per heavy atom. The summed E-state index contributed by atoms with van der Waals surface area (Å²) in [5.74, 6) is 0.912. The van der Waals surface area contributed by atoms with E-state index < -0.39 is 5.60 Å². The molecular formula is C24H33N5O3. The van der Waals surface area contributed by atoms with Crippen LogP contribution in [0.4, 0.5) is 16.2 Å². The molecule has 0 saturated heterocycles. The molecule has 172 valence electrons. The average Bonchev–Trinajstić information content (AvgIpc) is 3.22. The van der Waals surface area contributed by atoms with Crippen LogP contribution in [-0.2, 0) is 11.3 Å². The molecule has 0 unspecified atom stereocenters. The first-order valence-electron chi connectivity index (χ1n) is 11.0. The number of benzene rings is 1. The number of imidazole rings is 1. The van der Waals surface area contributed by atoms with E-state index in [0.29, 0.717) is 24.5 Å². The minimum absolute atomic E-state index is 0.151. The third kappa shape index (κ3) is 5.90. The van der Waals surface area contributed by atoms with Crippen molar-refractivity contribution in [1.29, 1.82) is 0 Å². The van der Waals surface area contributed by atoms with Crippen molar-refractivity contribution in [3.63, 3.8) is 0 Å². The van der Waals surface area contributed by atoms with Crippen LogP contribution in [0.15, 0.2) is 23.2 Å². The van der Waals surface area contributed by atoms with Gasteiger partial charge in [0, 0.05) is 36.1 Å². The number of amides is 1. The number of nitrogen functional groups attached to an aromatic ring is 1. The van der Waals surface area contributed by atoms with Gasteiger partial charge in [0.25, 0.3) is 0 Å². The summed E-state index contributed by atoms with van der Waals surface area (Å²) in [6.45, 7) is 8.69. The summed E-state index contributed by atoms with van der Waals surface area (Å²) in [5, 5.41) is 13.5. The van der Waals surface area contributed by atoms with Crippen LogP contribution < -0.4 is 11.1 Å². The molecule has 1 aromatic heterocycles. The third-order valence-corrected chi connectivity index (χ3v) is 5.13. The van der Waals surface area contributed by atoms with Crippen LogP contribution in [0.3, 0.4) is 0 Å². The van der Waals surface area contributed by atoms with Crippen molar-refractivity contribution in [2.75, 3.05) is 12.3 Å². The Bertz CT molecular complexity index is 1030. The number of aromatic hydroxyl groups is 1. The van der Waals surface area contributed by atoms with E-state index in [-0.39, 0.29) is 12.0 Å². The van der Waals surface area contributed by atoms with Crippen molar-refractivity contribution in [3.05, 3.63) is 35.3 Å². The zero-order valence-corrected chi connectivity index (χ0v) is 19.3. The standard InChI is InChI=1S/C24H33N5O3/c1-16-28-20(14-17-15-27-19-11-9-10-18(25)21(17)19)22(30)29(16)13-8-6-5-7-12-26-23(31)32-24(2,3)4/h9-11,14-15,30H,5-8,12-13,25H2,1-4H3,(H,26,31)/b17-14+. The van der Waals surface area contributed by atoms with Gasteiger partial charge in [0.1, 0.15) is 17.1 Å². The van der Waals surface area contributed by atoms with E-state index in [2.05, 4.69) is 15.3 Å². The predicted molar refractivity (Wildman–Crippen MR) is 128 cm³/mol. The Morgan fingerprint density at radius 2 is 2.00 bits per heavy atom. The van der Waals surface area contributed by atoms with E-state index in [1.165, 1.54) is 0 Å². The van der Waals surface area contributed by atoms with E-state index in [1.54, 1.807) is 6.21 Å². The lowest BCUT2D eigenvalue weighted by atomic mass is 10.0. The fraction of sp³-hybridized carbons (Fsp3) is 0.458. The molecule has 1 aliphatic heterocycles. The summed E-state index contributed by atoms with van der Waals surface area (Å²) in [4.78, 5) is 20.5. The molecule has 8 heteroatoms. The van der Waals surface area contributed by atoms with Gasteiger partial charge in [-0.25, -0.2) is 9.78 Å².